The smallest absolute Gasteiger partial charge is 0.319 e. The number of carbonyl (C=O) groups is 2. The number of fused-ring (bicyclic) bond motifs is 2. The van der Waals surface area contributed by atoms with E-state index in [9.17, 15) is 9.59 Å². The van der Waals surface area contributed by atoms with Crippen LogP contribution in [0.4, 0.5) is 10.2 Å². The largest absolute Gasteiger partial charge is 0.462 e. The summed E-state index contributed by atoms with van der Waals surface area (Å²) in [4.78, 5) is 36.0. The van der Waals surface area contributed by atoms with Gasteiger partial charge in [-0.3, -0.25) is 14.7 Å². The predicted molar refractivity (Wildman–Crippen MR) is 147 cm³/mol. The molecule has 2 amide bonds. The quantitative estimate of drug-likeness (QED) is 0.266. The second-order valence-electron chi connectivity index (χ2n) is 9.21. The second kappa shape index (κ2) is 10.9. The Hall–Kier alpha value is -4.25. The number of nitrogens with one attached hydrogen (secondary N) is 2. The van der Waals surface area contributed by atoms with E-state index >= 15 is 4.39 Å². The van der Waals surface area contributed by atoms with E-state index in [2.05, 4.69) is 32.1 Å². The summed E-state index contributed by atoms with van der Waals surface area (Å²) in [6.07, 6.45) is 2.93. The van der Waals surface area contributed by atoms with Gasteiger partial charge in [-0.25, -0.2) is 4.39 Å². The molecule has 0 saturated carbocycles. The van der Waals surface area contributed by atoms with E-state index in [0.29, 0.717) is 42.9 Å². The molecule has 0 radical (unpaired) electrons. The third kappa shape index (κ3) is 5.09. The average molecular weight is 552 g/mol. The van der Waals surface area contributed by atoms with Crippen LogP contribution in [0.25, 0.3) is 32.9 Å². The molecule has 0 unspecified atom stereocenters. The van der Waals surface area contributed by atoms with Crippen molar-refractivity contribution in [2.45, 2.75) is 13.8 Å². The Labute approximate surface area is 228 Å². The van der Waals surface area contributed by atoms with Gasteiger partial charge >= 0.3 is 6.01 Å². The number of aromatic amines is 1. The zero-order valence-electron chi connectivity index (χ0n) is 21.6. The summed E-state index contributed by atoms with van der Waals surface area (Å²) in [5, 5.41) is 11.0. The van der Waals surface area contributed by atoms with Crippen LogP contribution in [0.2, 0.25) is 5.02 Å². The maximum Gasteiger partial charge on any atom is 0.319 e. The van der Waals surface area contributed by atoms with Gasteiger partial charge in [-0.05, 0) is 30.7 Å². The number of piperazine rings is 1. The number of amides is 2. The molecular weight excluding hydrogens is 525 g/mol. The zero-order chi connectivity index (χ0) is 27.7. The van der Waals surface area contributed by atoms with Gasteiger partial charge in [0.15, 0.2) is 5.82 Å². The SMILES string of the molecule is C=CC(=O)N1CCN(c2nc(OCCNC(C)=O)nc3c(F)c(-c4c(C)ccc5[nH]ncc45)c(Cl)cc23)CC1. The van der Waals surface area contributed by atoms with Crippen molar-refractivity contribution in [2.75, 3.05) is 44.2 Å². The van der Waals surface area contributed by atoms with Crippen molar-refractivity contribution in [1.82, 2.24) is 30.4 Å². The van der Waals surface area contributed by atoms with Gasteiger partial charge in [0.2, 0.25) is 11.8 Å². The van der Waals surface area contributed by atoms with Crippen LogP contribution in [-0.4, -0.2) is 76.2 Å². The van der Waals surface area contributed by atoms with E-state index in [0.717, 1.165) is 16.5 Å². The van der Waals surface area contributed by atoms with Crippen LogP contribution in [0.3, 0.4) is 0 Å². The maximum atomic E-state index is 16.5. The number of nitrogens with zero attached hydrogens (tertiary/aromatic N) is 5. The number of hydrogen-bond donors (Lipinski definition) is 2. The van der Waals surface area contributed by atoms with Crippen LogP contribution in [0.15, 0.2) is 37.1 Å². The Morgan fingerprint density at radius 1 is 1.21 bits per heavy atom. The van der Waals surface area contributed by atoms with Gasteiger partial charge in [0.1, 0.15) is 17.9 Å². The highest BCUT2D eigenvalue weighted by Gasteiger charge is 2.27. The van der Waals surface area contributed by atoms with Crippen LogP contribution in [0, 0.1) is 12.7 Å². The van der Waals surface area contributed by atoms with Crippen LogP contribution >= 0.6 is 11.6 Å². The Balaban J connectivity index is 1.62. The standard InChI is InChI=1S/C27H27ClFN7O3/c1-4-21(38)35-8-10-36(11-9-35)26-17-13-19(28)23(22-15(2)5-6-20-18(22)14-31-34-20)24(29)25(17)32-27(33-26)39-12-7-30-16(3)37/h4-6,13-14H,1,7-12H2,2-3H3,(H,30,37)(H,31,34). The number of rotatable bonds is 7. The van der Waals surface area contributed by atoms with Crippen molar-refractivity contribution in [3.63, 3.8) is 0 Å². The van der Waals surface area contributed by atoms with Crippen LogP contribution < -0.4 is 15.0 Å². The van der Waals surface area contributed by atoms with E-state index in [1.54, 1.807) is 17.2 Å². The molecule has 1 saturated heterocycles. The first-order valence-corrected chi connectivity index (χ1v) is 12.8. The third-order valence-electron chi connectivity index (χ3n) is 6.70. The van der Waals surface area contributed by atoms with Crippen molar-refractivity contribution >= 4 is 51.0 Å². The van der Waals surface area contributed by atoms with Crippen molar-refractivity contribution in [2.24, 2.45) is 0 Å². The van der Waals surface area contributed by atoms with Crippen molar-refractivity contribution in [3.8, 4) is 17.1 Å². The van der Waals surface area contributed by atoms with E-state index in [-0.39, 0.29) is 47.1 Å². The highest BCUT2D eigenvalue weighted by atomic mass is 35.5. The number of aromatic nitrogens is 4. The number of halogens is 2. The molecule has 1 aliphatic rings. The second-order valence-corrected chi connectivity index (χ2v) is 9.62. The number of anilines is 1. The fourth-order valence-electron chi connectivity index (χ4n) is 4.79. The number of H-pyrrole nitrogens is 1. The monoisotopic (exact) mass is 551 g/mol. The molecule has 10 nitrogen and oxygen atoms in total. The topological polar surface area (TPSA) is 116 Å². The molecule has 2 aromatic carbocycles. The number of hydrogen-bond acceptors (Lipinski definition) is 7. The van der Waals surface area contributed by atoms with Crippen molar-refractivity contribution in [1.29, 1.82) is 0 Å². The first-order valence-electron chi connectivity index (χ1n) is 12.4. The van der Waals surface area contributed by atoms with Crippen molar-refractivity contribution in [3.05, 3.63) is 53.5 Å². The first-order chi connectivity index (χ1) is 18.8. The van der Waals surface area contributed by atoms with Gasteiger partial charge in [-0.15, -0.1) is 0 Å². The molecule has 3 heterocycles. The summed E-state index contributed by atoms with van der Waals surface area (Å²) in [7, 11) is 0. The molecule has 0 atom stereocenters. The average Bonchev–Trinajstić information content (AvgIpc) is 3.41. The van der Waals surface area contributed by atoms with Gasteiger partial charge in [0, 0.05) is 55.0 Å². The van der Waals surface area contributed by atoms with Gasteiger partial charge in [0.05, 0.1) is 23.3 Å². The summed E-state index contributed by atoms with van der Waals surface area (Å²) in [5.74, 6) is -0.498. The Morgan fingerprint density at radius 2 is 1.97 bits per heavy atom. The minimum absolute atomic E-state index is 0.0298. The summed E-state index contributed by atoms with van der Waals surface area (Å²) >= 11 is 6.77. The summed E-state index contributed by atoms with van der Waals surface area (Å²) in [6, 6.07) is 5.40. The van der Waals surface area contributed by atoms with E-state index < -0.39 is 5.82 Å². The highest BCUT2D eigenvalue weighted by Crippen LogP contribution is 2.42. The van der Waals surface area contributed by atoms with Gasteiger partial charge < -0.3 is 19.9 Å². The number of carbonyl (C=O) groups excluding carboxylic acids is 2. The molecule has 2 aromatic heterocycles. The molecule has 0 spiro atoms. The normalized spacial score (nSPS) is 13.6. The highest BCUT2D eigenvalue weighted by molar-refractivity contribution is 6.35. The maximum absolute atomic E-state index is 16.5. The van der Waals surface area contributed by atoms with Crippen LogP contribution in [-0.2, 0) is 9.59 Å². The zero-order valence-corrected chi connectivity index (χ0v) is 22.3. The number of benzene rings is 2. The van der Waals surface area contributed by atoms with Crippen molar-refractivity contribution < 1.29 is 18.7 Å². The lowest BCUT2D eigenvalue weighted by Crippen LogP contribution is -2.48. The minimum atomic E-state index is -0.606. The Kier molecular flexibility index (Phi) is 7.34. The fraction of sp³-hybridized carbons (Fsp3) is 0.296. The molecule has 5 rings (SSSR count). The van der Waals surface area contributed by atoms with E-state index in [1.165, 1.54) is 13.0 Å². The molecule has 0 bridgehead atoms. The lowest BCUT2D eigenvalue weighted by Gasteiger charge is -2.35. The summed E-state index contributed by atoms with van der Waals surface area (Å²) in [6.45, 7) is 9.01. The molecule has 1 aliphatic heterocycles. The van der Waals surface area contributed by atoms with E-state index in [4.69, 9.17) is 16.3 Å². The Bertz CT molecular complexity index is 1600. The minimum Gasteiger partial charge on any atom is -0.462 e. The lowest BCUT2D eigenvalue weighted by atomic mass is 9.95. The molecule has 1 fully saturated rings. The lowest BCUT2D eigenvalue weighted by molar-refractivity contribution is -0.126. The van der Waals surface area contributed by atoms with Crippen LogP contribution in [0.1, 0.15) is 12.5 Å². The van der Waals surface area contributed by atoms with Crippen LogP contribution in [0.5, 0.6) is 6.01 Å². The molecule has 0 aliphatic carbocycles. The number of ether oxygens (including phenoxy) is 1. The first kappa shape index (κ1) is 26.4. The molecule has 12 heteroatoms. The molecular formula is C27H27ClFN7O3. The molecule has 2 N–H and O–H groups in total. The molecule has 202 valence electrons. The molecule has 39 heavy (non-hydrogen) atoms. The van der Waals surface area contributed by atoms with E-state index in [1.807, 2.05) is 24.0 Å². The van der Waals surface area contributed by atoms with Gasteiger partial charge in [-0.1, -0.05) is 24.2 Å². The number of aryl methyl sites for hydroxylation is 1. The molecule has 4 aromatic rings. The van der Waals surface area contributed by atoms with Gasteiger partial charge in [0.25, 0.3) is 0 Å². The van der Waals surface area contributed by atoms with Gasteiger partial charge in [-0.2, -0.15) is 15.1 Å². The summed E-state index contributed by atoms with van der Waals surface area (Å²) < 4.78 is 22.2. The predicted octanol–water partition coefficient (Wildman–Crippen LogP) is 3.62. The third-order valence-corrected chi connectivity index (χ3v) is 7.00. The summed E-state index contributed by atoms with van der Waals surface area (Å²) in [5.41, 5.74) is 2.47. The Morgan fingerprint density at radius 3 is 2.69 bits per heavy atom. The fourth-order valence-corrected chi connectivity index (χ4v) is 5.08.